The number of amides is 1. The summed E-state index contributed by atoms with van der Waals surface area (Å²) in [6.45, 7) is 2.53. The first-order valence-corrected chi connectivity index (χ1v) is 9.26. The van der Waals surface area contributed by atoms with E-state index in [1.807, 2.05) is 11.4 Å². The molecule has 1 N–H and O–H groups in total. The molecule has 0 spiro atoms. The van der Waals surface area contributed by atoms with Gasteiger partial charge in [0.25, 0.3) is 5.91 Å². The van der Waals surface area contributed by atoms with Gasteiger partial charge in [-0.3, -0.25) is 4.79 Å². The molecule has 3 nitrogen and oxygen atoms in total. The van der Waals surface area contributed by atoms with Crippen molar-refractivity contribution < 1.29 is 13.9 Å². The van der Waals surface area contributed by atoms with Gasteiger partial charge in [-0.25, -0.2) is 4.39 Å². The molecule has 1 aliphatic carbocycles. The number of hydrogen-bond donors (Lipinski definition) is 1. The van der Waals surface area contributed by atoms with Gasteiger partial charge >= 0.3 is 0 Å². The summed E-state index contributed by atoms with van der Waals surface area (Å²) in [5.41, 5.74) is 0.922. The molecule has 1 saturated carbocycles. The van der Waals surface area contributed by atoms with Crippen LogP contribution in [0.2, 0.25) is 0 Å². The molecular weight excluding hydrogens is 325 g/mol. The zero-order valence-electron chi connectivity index (χ0n) is 13.8. The number of carbonyl (C=O) groups is 1. The quantitative estimate of drug-likeness (QED) is 0.846. The van der Waals surface area contributed by atoms with Gasteiger partial charge in [0.15, 0.2) is 0 Å². The molecule has 1 aromatic heterocycles. The van der Waals surface area contributed by atoms with Gasteiger partial charge in [-0.05, 0) is 42.3 Å². The van der Waals surface area contributed by atoms with E-state index in [1.165, 1.54) is 42.7 Å². The maximum atomic E-state index is 13.1. The third-order valence-electron chi connectivity index (χ3n) is 4.51. The summed E-state index contributed by atoms with van der Waals surface area (Å²) in [7, 11) is 0. The number of benzene rings is 1. The fourth-order valence-electron chi connectivity index (χ4n) is 3.06. The molecule has 128 valence electrons. The highest BCUT2D eigenvalue weighted by molar-refractivity contribution is 7.12. The van der Waals surface area contributed by atoms with E-state index < -0.39 is 0 Å². The van der Waals surface area contributed by atoms with E-state index in [0.29, 0.717) is 23.2 Å². The molecule has 3 rings (SSSR count). The van der Waals surface area contributed by atoms with E-state index in [1.54, 1.807) is 12.1 Å². The van der Waals surface area contributed by atoms with E-state index in [-0.39, 0.29) is 17.8 Å². The van der Waals surface area contributed by atoms with Gasteiger partial charge in [0.05, 0.1) is 4.88 Å². The zero-order chi connectivity index (χ0) is 16.9. The first kappa shape index (κ1) is 17.0. The molecule has 5 heteroatoms. The maximum Gasteiger partial charge on any atom is 0.261 e. The van der Waals surface area contributed by atoms with Crippen LogP contribution in [0.3, 0.4) is 0 Å². The van der Waals surface area contributed by atoms with Gasteiger partial charge in [-0.2, -0.15) is 0 Å². The Balaban J connectivity index is 1.55. The summed E-state index contributed by atoms with van der Waals surface area (Å²) >= 11 is 1.42. The van der Waals surface area contributed by atoms with E-state index in [4.69, 9.17) is 4.74 Å². The van der Waals surface area contributed by atoms with E-state index in [0.717, 1.165) is 12.0 Å². The van der Waals surface area contributed by atoms with Crippen molar-refractivity contribution in [1.82, 2.24) is 5.32 Å². The smallest absolute Gasteiger partial charge is 0.261 e. The number of ether oxygens (including phenoxy) is 1. The van der Waals surface area contributed by atoms with Crippen LogP contribution >= 0.6 is 11.3 Å². The second kappa shape index (κ2) is 7.79. The van der Waals surface area contributed by atoms with Crippen LogP contribution < -0.4 is 10.1 Å². The molecule has 1 aliphatic rings. The van der Waals surface area contributed by atoms with Crippen molar-refractivity contribution in [2.24, 2.45) is 5.92 Å². The molecule has 1 aromatic carbocycles. The number of nitrogens with one attached hydrogen (secondary N) is 1. The Morgan fingerprint density at radius 3 is 2.96 bits per heavy atom. The fraction of sp³-hybridized carbons (Fsp3) is 0.421. The molecular formula is C19H22FNO2S. The van der Waals surface area contributed by atoms with Gasteiger partial charge in [-0.15, -0.1) is 11.3 Å². The number of hydrogen-bond acceptors (Lipinski definition) is 3. The van der Waals surface area contributed by atoms with Crippen molar-refractivity contribution in [1.29, 1.82) is 0 Å². The molecule has 2 unspecified atom stereocenters. The first-order chi connectivity index (χ1) is 11.6. The second-order valence-electron chi connectivity index (χ2n) is 6.41. The normalized spacial score (nSPS) is 20.6. The average Bonchev–Trinajstić information content (AvgIpc) is 3.04. The van der Waals surface area contributed by atoms with Crippen molar-refractivity contribution in [2.75, 3.05) is 0 Å². The van der Waals surface area contributed by atoms with Crippen LogP contribution in [0.1, 0.15) is 47.8 Å². The van der Waals surface area contributed by atoms with Crippen LogP contribution in [-0.4, -0.2) is 11.9 Å². The number of thiophene rings is 1. The van der Waals surface area contributed by atoms with Gasteiger partial charge in [0.1, 0.15) is 18.2 Å². The number of rotatable bonds is 5. The largest absolute Gasteiger partial charge is 0.489 e. The minimum Gasteiger partial charge on any atom is -0.489 e. The Bertz CT molecular complexity index is 700. The third kappa shape index (κ3) is 4.35. The van der Waals surface area contributed by atoms with E-state index in [9.17, 15) is 9.18 Å². The van der Waals surface area contributed by atoms with Crippen LogP contribution in [0.15, 0.2) is 35.7 Å². The van der Waals surface area contributed by atoms with Crippen molar-refractivity contribution >= 4 is 17.2 Å². The lowest BCUT2D eigenvalue weighted by molar-refractivity contribution is 0.0914. The standard InChI is InChI=1S/C19H22FNO2S/c1-13-5-2-3-8-17(13)21-19(22)18-9-14(12-24-18)11-23-16-7-4-6-15(20)10-16/h4,6-7,9-10,12-13,17H,2-3,5,8,11H2,1H3,(H,21,22). The van der Waals surface area contributed by atoms with Gasteiger partial charge in [0, 0.05) is 17.7 Å². The third-order valence-corrected chi connectivity index (χ3v) is 5.48. The molecule has 0 saturated heterocycles. The molecule has 0 radical (unpaired) electrons. The SMILES string of the molecule is CC1CCCCC1NC(=O)c1cc(COc2cccc(F)c2)cs1. The fourth-order valence-corrected chi connectivity index (χ4v) is 3.86. The highest BCUT2D eigenvalue weighted by Crippen LogP contribution is 2.25. The zero-order valence-corrected chi connectivity index (χ0v) is 14.6. The van der Waals surface area contributed by atoms with Crippen molar-refractivity contribution in [2.45, 2.75) is 45.3 Å². The molecule has 2 atom stereocenters. The van der Waals surface area contributed by atoms with E-state index >= 15 is 0 Å². The lowest BCUT2D eigenvalue weighted by Crippen LogP contribution is -2.40. The number of halogens is 1. The summed E-state index contributed by atoms with van der Waals surface area (Å²) in [6, 6.07) is 8.19. The van der Waals surface area contributed by atoms with Crippen molar-refractivity contribution in [3.8, 4) is 5.75 Å². The Kier molecular flexibility index (Phi) is 5.51. The first-order valence-electron chi connectivity index (χ1n) is 8.38. The monoisotopic (exact) mass is 347 g/mol. The predicted octanol–water partition coefficient (Wildman–Crippen LogP) is 4.77. The van der Waals surface area contributed by atoms with E-state index in [2.05, 4.69) is 12.2 Å². The van der Waals surface area contributed by atoms with Crippen LogP contribution in [-0.2, 0) is 6.61 Å². The Labute approximate surface area is 145 Å². The topological polar surface area (TPSA) is 38.3 Å². The lowest BCUT2D eigenvalue weighted by atomic mass is 9.86. The van der Waals surface area contributed by atoms with Crippen LogP contribution in [0.25, 0.3) is 0 Å². The highest BCUT2D eigenvalue weighted by atomic mass is 32.1. The predicted molar refractivity (Wildman–Crippen MR) is 93.9 cm³/mol. The summed E-state index contributed by atoms with van der Waals surface area (Å²) in [4.78, 5) is 13.1. The molecule has 24 heavy (non-hydrogen) atoms. The Hall–Kier alpha value is -1.88. The molecule has 1 amide bonds. The van der Waals surface area contributed by atoms with Crippen molar-refractivity contribution in [3.63, 3.8) is 0 Å². The van der Waals surface area contributed by atoms with Crippen LogP contribution in [0.5, 0.6) is 5.75 Å². The lowest BCUT2D eigenvalue weighted by Gasteiger charge is -2.29. The minimum atomic E-state index is -0.320. The van der Waals surface area contributed by atoms with Crippen LogP contribution in [0.4, 0.5) is 4.39 Å². The molecule has 1 heterocycles. The Morgan fingerprint density at radius 2 is 2.17 bits per heavy atom. The molecule has 0 bridgehead atoms. The Morgan fingerprint density at radius 1 is 1.33 bits per heavy atom. The minimum absolute atomic E-state index is 0.00393. The average molecular weight is 347 g/mol. The summed E-state index contributed by atoms with van der Waals surface area (Å²) in [5, 5.41) is 5.08. The summed E-state index contributed by atoms with van der Waals surface area (Å²) < 4.78 is 18.7. The van der Waals surface area contributed by atoms with Crippen molar-refractivity contribution in [3.05, 3.63) is 52.0 Å². The van der Waals surface area contributed by atoms with Gasteiger partial charge in [0.2, 0.25) is 0 Å². The highest BCUT2D eigenvalue weighted by Gasteiger charge is 2.23. The second-order valence-corrected chi connectivity index (χ2v) is 7.32. The summed E-state index contributed by atoms with van der Waals surface area (Å²) in [6.07, 6.45) is 4.69. The molecule has 2 aromatic rings. The maximum absolute atomic E-state index is 13.1. The molecule has 0 aliphatic heterocycles. The number of carbonyl (C=O) groups excluding carboxylic acids is 1. The summed E-state index contributed by atoms with van der Waals surface area (Å²) in [5.74, 6) is 0.705. The van der Waals surface area contributed by atoms with Gasteiger partial charge in [-0.1, -0.05) is 25.8 Å². The van der Waals surface area contributed by atoms with Crippen LogP contribution in [0, 0.1) is 11.7 Å². The van der Waals surface area contributed by atoms with Gasteiger partial charge < -0.3 is 10.1 Å². The molecule has 1 fully saturated rings.